The van der Waals surface area contributed by atoms with Crippen LogP contribution in [0.1, 0.15) is 29.7 Å². The van der Waals surface area contributed by atoms with E-state index in [2.05, 4.69) is 54.0 Å². The van der Waals surface area contributed by atoms with Gasteiger partial charge in [0.2, 0.25) is 5.95 Å². The molecular formula is C17H22N6. The van der Waals surface area contributed by atoms with Gasteiger partial charge < -0.3 is 10.6 Å². The molecule has 6 nitrogen and oxygen atoms in total. The molecule has 0 aliphatic carbocycles. The largest absolute Gasteiger partial charge is 0.383 e. The van der Waals surface area contributed by atoms with Crippen LogP contribution in [0.15, 0.2) is 24.4 Å². The van der Waals surface area contributed by atoms with Crippen molar-refractivity contribution in [1.82, 2.24) is 19.7 Å². The van der Waals surface area contributed by atoms with Crippen molar-refractivity contribution in [3.05, 3.63) is 41.1 Å². The Labute approximate surface area is 136 Å². The van der Waals surface area contributed by atoms with Gasteiger partial charge in [0.1, 0.15) is 5.82 Å². The average molecular weight is 310 g/mol. The molecule has 0 amide bonds. The molecular weight excluding hydrogens is 288 g/mol. The third-order valence-corrected chi connectivity index (χ3v) is 4.38. The monoisotopic (exact) mass is 310 g/mol. The first-order valence-electron chi connectivity index (χ1n) is 7.63. The SMILES string of the molecule is Cc1ccc(C(C)N(C)c2nc(N)c3cnn(C)c3n2)c(C)c1. The molecule has 1 atom stereocenters. The van der Waals surface area contributed by atoms with Crippen molar-refractivity contribution < 1.29 is 0 Å². The second-order valence-corrected chi connectivity index (χ2v) is 6.06. The van der Waals surface area contributed by atoms with Gasteiger partial charge in [-0.05, 0) is 31.9 Å². The van der Waals surface area contributed by atoms with E-state index in [1.54, 1.807) is 10.9 Å². The topological polar surface area (TPSA) is 72.9 Å². The summed E-state index contributed by atoms with van der Waals surface area (Å²) >= 11 is 0. The van der Waals surface area contributed by atoms with Gasteiger partial charge in [-0.2, -0.15) is 15.1 Å². The van der Waals surface area contributed by atoms with E-state index < -0.39 is 0 Å². The van der Waals surface area contributed by atoms with Gasteiger partial charge >= 0.3 is 0 Å². The van der Waals surface area contributed by atoms with Crippen LogP contribution in [0.3, 0.4) is 0 Å². The van der Waals surface area contributed by atoms with Gasteiger partial charge in [-0.15, -0.1) is 0 Å². The number of nitrogen functional groups attached to an aromatic ring is 1. The minimum atomic E-state index is 0.140. The summed E-state index contributed by atoms with van der Waals surface area (Å²) in [4.78, 5) is 11.1. The van der Waals surface area contributed by atoms with Gasteiger partial charge in [-0.3, -0.25) is 4.68 Å². The number of hydrogen-bond donors (Lipinski definition) is 1. The molecule has 1 aromatic carbocycles. The van der Waals surface area contributed by atoms with Crippen molar-refractivity contribution in [1.29, 1.82) is 0 Å². The standard InChI is InChI=1S/C17H22N6/c1-10-6-7-13(11(2)8-10)12(3)22(4)17-20-15(18)14-9-19-23(5)16(14)21-17/h6-9,12H,1-5H3,(H2,18,20,21). The summed E-state index contributed by atoms with van der Waals surface area (Å²) in [5, 5.41) is 4.98. The molecule has 0 fully saturated rings. The van der Waals surface area contributed by atoms with Crippen molar-refractivity contribution in [2.45, 2.75) is 26.8 Å². The number of benzene rings is 1. The van der Waals surface area contributed by atoms with Crippen molar-refractivity contribution >= 4 is 22.8 Å². The van der Waals surface area contributed by atoms with E-state index in [4.69, 9.17) is 5.73 Å². The Morgan fingerprint density at radius 3 is 2.65 bits per heavy atom. The zero-order valence-electron chi connectivity index (χ0n) is 14.2. The number of nitrogens with two attached hydrogens (primary N) is 1. The number of nitrogens with zero attached hydrogens (tertiary/aromatic N) is 5. The fourth-order valence-electron chi connectivity index (χ4n) is 2.87. The molecule has 0 saturated heterocycles. The predicted molar refractivity (Wildman–Crippen MR) is 93.5 cm³/mol. The van der Waals surface area contributed by atoms with Gasteiger partial charge in [0.25, 0.3) is 0 Å². The molecule has 120 valence electrons. The van der Waals surface area contributed by atoms with Crippen molar-refractivity contribution in [2.75, 3.05) is 17.7 Å². The number of anilines is 2. The first-order chi connectivity index (χ1) is 10.9. The molecule has 3 rings (SSSR count). The number of aromatic nitrogens is 4. The van der Waals surface area contributed by atoms with Gasteiger partial charge in [-0.25, -0.2) is 0 Å². The van der Waals surface area contributed by atoms with Crippen LogP contribution in [-0.4, -0.2) is 26.8 Å². The van der Waals surface area contributed by atoms with Gasteiger partial charge in [0.15, 0.2) is 5.65 Å². The number of hydrogen-bond acceptors (Lipinski definition) is 5. The van der Waals surface area contributed by atoms with Crippen molar-refractivity contribution in [3.8, 4) is 0 Å². The number of fused-ring (bicyclic) bond motifs is 1. The molecule has 0 aliphatic heterocycles. The fraction of sp³-hybridized carbons (Fsp3) is 0.353. The highest BCUT2D eigenvalue weighted by atomic mass is 15.3. The Balaban J connectivity index is 2.02. The van der Waals surface area contributed by atoms with E-state index in [-0.39, 0.29) is 6.04 Å². The first-order valence-corrected chi connectivity index (χ1v) is 7.63. The number of rotatable bonds is 3. The normalized spacial score (nSPS) is 12.6. The summed E-state index contributed by atoms with van der Waals surface area (Å²) in [5.74, 6) is 1.06. The highest BCUT2D eigenvalue weighted by Crippen LogP contribution is 2.28. The van der Waals surface area contributed by atoms with E-state index >= 15 is 0 Å². The van der Waals surface area contributed by atoms with Crippen LogP contribution in [0, 0.1) is 13.8 Å². The Morgan fingerprint density at radius 2 is 1.96 bits per heavy atom. The molecule has 2 N–H and O–H groups in total. The lowest BCUT2D eigenvalue weighted by atomic mass is 10.00. The lowest BCUT2D eigenvalue weighted by molar-refractivity contribution is 0.709. The second kappa shape index (κ2) is 5.53. The zero-order chi connectivity index (χ0) is 16.7. The van der Waals surface area contributed by atoms with E-state index in [0.29, 0.717) is 11.8 Å². The maximum Gasteiger partial charge on any atom is 0.229 e. The van der Waals surface area contributed by atoms with Gasteiger partial charge in [-0.1, -0.05) is 23.8 Å². The minimum Gasteiger partial charge on any atom is -0.383 e. The summed E-state index contributed by atoms with van der Waals surface area (Å²) in [6, 6.07) is 6.63. The maximum atomic E-state index is 6.07. The molecule has 1 unspecified atom stereocenters. The molecule has 2 heterocycles. The van der Waals surface area contributed by atoms with Crippen molar-refractivity contribution in [2.24, 2.45) is 7.05 Å². The Bertz CT molecular complexity index is 867. The van der Waals surface area contributed by atoms with E-state index in [1.165, 1.54) is 16.7 Å². The van der Waals surface area contributed by atoms with Crippen LogP contribution in [0.5, 0.6) is 0 Å². The predicted octanol–water partition coefficient (Wildman–Crippen LogP) is 2.76. The molecule has 0 bridgehead atoms. The van der Waals surface area contributed by atoms with E-state index in [0.717, 1.165) is 11.0 Å². The van der Waals surface area contributed by atoms with Crippen LogP contribution >= 0.6 is 0 Å². The average Bonchev–Trinajstić information content (AvgIpc) is 2.88. The first kappa shape index (κ1) is 15.3. The van der Waals surface area contributed by atoms with Crippen molar-refractivity contribution in [3.63, 3.8) is 0 Å². The summed E-state index contributed by atoms with van der Waals surface area (Å²) in [6.45, 7) is 6.38. The smallest absolute Gasteiger partial charge is 0.229 e. The van der Waals surface area contributed by atoms with Gasteiger partial charge in [0, 0.05) is 14.1 Å². The van der Waals surface area contributed by atoms with Crippen LogP contribution in [0.25, 0.3) is 11.0 Å². The highest BCUT2D eigenvalue weighted by Gasteiger charge is 2.19. The third kappa shape index (κ3) is 2.60. The van der Waals surface area contributed by atoms with Crippen LogP contribution in [-0.2, 0) is 7.05 Å². The molecule has 23 heavy (non-hydrogen) atoms. The number of aryl methyl sites for hydroxylation is 3. The minimum absolute atomic E-state index is 0.140. The molecule has 0 aliphatic rings. The second-order valence-electron chi connectivity index (χ2n) is 6.06. The highest BCUT2D eigenvalue weighted by molar-refractivity contribution is 5.86. The molecule has 3 aromatic rings. The summed E-state index contributed by atoms with van der Waals surface area (Å²) in [7, 11) is 3.84. The Hall–Kier alpha value is -2.63. The van der Waals surface area contributed by atoms with E-state index in [9.17, 15) is 0 Å². The third-order valence-electron chi connectivity index (χ3n) is 4.38. The van der Waals surface area contributed by atoms with Crippen LogP contribution in [0.4, 0.5) is 11.8 Å². The lowest BCUT2D eigenvalue weighted by Gasteiger charge is -2.27. The summed E-state index contributed by atoms with van der Waals surface area (Å²) in [5.41, 5.74) is 10.6. The molecule has 0 radical (unpaired) electrons. The molecule has 0 spiro atoms. The maximum absolute atomic E-state index is 6.07. The lowest BCUT2D eigenvalue weighted by Crippen LogP contribution is -2.25. The molecule has 6 heteroatoms. The van der Waals surface area contributed by atoms with Crippen LogP contribution < -0.4 is 10.6 Å². The Morgan fingerprint density at radius 1 is 1.22 bits per heavy atom. The molecule has 2 aromatic heterocycles. The summed E-state index contributed by atoms with van der Waals surface area (Å²) in [6.07, 6.45) is 1.70. The van der Waals surface area contributed by atoms with Gasteiger partial charge in [0.05, 0.1) is 17.6 Å². The quantitative estimate of drug-likeness (QED) is 0.805. The van der Waals surface area contributed by atoms with E-state index in [1.807, 2.05) is 19.0 Å². The van der Waals surface area contributed by atoms with Crippen LogP contribution in [0.2, 0.25) is 0 Å². The zero-order valence-corrected chi connectivity index (χ0v) is 14.2. The fourth-order valence-corrected chi connectivity index (χ4v) is 2.87. The summed E-state index contributed by atoms with van der Waals surface area (Å²) < 4.78 is 1.71. The Kier molecular flexibility index (Phi) is 3.67. The molecule has 0 saturated carbocycles.